The highest BCUT2D eigenvalue weighted by atomic mass is 16.5. The molecular weight excluding hydrogens is 248 g/mol. The van der Waals surface area contributed by atoms with E-state index in [1.165, 1.54) is 32.1 Å². The first-order chi connectivity index (χ1) is 9.44. The van der Waals surface area contributed by atoms with Gasteiger partial charge in [-0.05, 0) is 38.3 Å². The lowest BCUT2D eigenvalue weighted by atomic mass is 9.62. The third-order valence-corrected chi connectivity index (χ3v) is 4.84. The Hall–Kier alpha value is -0.780. The third-order valence-electron chi connectivity index (χ3n) is 4.84. The Balaban J connectivity index is 2.44. The van der Waals surface area contributed by atoms with Gasteiger partial charge >= 0.3 is 0 Å². The van der Waals surface area contributed by atoms with Gasteiger partial charge in [-0.2, -0.15) is 0 Å². The van der Waals surface area contributed by atoms with Crippen molar-refractivity contribution in [2.45, 2.75) is 83.8 Å². The molecule has 20 heavy (non-hydrogen) atoms. The molecule has 2 atom stereocenters. The lowest BCUT2D eigenvalue weighted by molar-refractivity contribution is -0.111. The zero-order valence-corrected chi connectivity index (χ0v) is 13.8. The van der Waals surface area contributed by atoms with E-state index in [0.717, 1.165) is 24.0 Å². The van der Waals surface area contributed by atoms with Gasteiger partial charge in [0.25, 0.3) is 0 Å². The number of ether oxygens (including phenoxy) is 1. The summed E-state index contributed by atoms with van der Waals surface area (Å²) in [6.45, 7) is 8.09. The summed E-state index contributed by atoms with van der Waals surface area (Å²) in [6.07, 6.45) is 8.47. The van der Waals surface area contributed by atoms with Gasteiger partial charge in [0.2, 0.25) is 0 Å². The van der Waals surface area contributed by atoms with Crippen LogP contribution in [-0.2, 0) is 4.74 Å². The zero-order valence-electron chi connectivity index (χ0n) is 13.8. The zero-order chi connectivity index (χ0) is 15.2. The van der Waals surface area contributed by atoms with Gasteiger partial charge in [-0.15, -0.1) is 0 Å². The van der Waals surface area contributed by atoms with E-state index in [0.29, 0.717) is 0 Å². The van der Waals surface area contributed by atoms with E-state index in [-0.39, 0.29) is 0 Å². The number of rotatable bonds is 7. The first-order valence-corrected chi connectivity index (χ1v) is 7.90. The van der Waals surface area contributed by atoms with E-state index in [4.69, 9.17) is 4.74 Å². The van der Waals surface area contributed by atoms with Crippen molar-refractivity contribution in [3.63, 3.8) is 0 Å². The second-order valence-corrected chi connectivity index (χ2v) is 6.02. The fourth-order valence-corrected chi connectivity index (χ4v) is 2.89. The number of methoxy groups -OCH3 is 1. The highest BCUT2D eigenvalue weighted by Gasteiger charge is 2.58. The number of aliphatic hydroxyl groups is 1. The Morgan fingerprint density at radius 3 is 2.25 bits per heavy atom. The van der Waals surface area contributed by atoms with E-state index in [1.54, 1.807) is 7.11 Å². The molecule has 0 aromatic carbocycles. The van der Waals surface area contributed by atoms with Crippen molar-refractivity contribution in [2.24, 2.45) is 0 Å². The second-order valence-electron chi connectivity index (χ2n) is 6.02. The maximum Gasteiger partial charge on any atom is 0.179 e. The molecular formula is C18H30O2. The number of unbranched alkanes of at least 4 members (excludes halogenated alkanes) is 6. The molecule has 114 valence electrons. The lowest BCUT2D eigenvalue weighted by Gasteiger charge is -2.51. The fraction of sp³-hybridized carbons (Fsp3) is 0.778. The van der Waals surface area contributed by atoms with Gasteiger partial charge in [0.1, 0.15) is 5.60 Å². The third kappa shape index (κ3) is 3.10. The summed E-state index contributed by atoms with van der Waals surface area (Å²) in [4.78, 5) is 0. The summed E-state index contributed by atoms with van der Waals surface area (Å²) in [6, 6.07) is 0. The van der Waals surface area contributed by atoms with Crippen LogP contribution >= 0.6 is 0 Å². The van der Waals surface area contributed by atoms with Gasteiger partial charge < -0.3 is 9.84 Å². The Kier molecular flexibility index (Phi) is 6.30. The molecule has 0 heterocycles. The molecule has 1 rings (SSSR count). The summed E-state index contributed by atoms with van der Waals surface area (Å²) in [5, 5.41) is 10.7. The molecule has 0 fully saturated rings. The molecule has 2 nitrogen and oxygen atoms in total. The van der Waals surface area contributed by atoms with E-state index in [9.17, 15) is 5.11 Å². The molecule has 1 N–H and O–H groups in total. The lowest BCUT2D eigenvalue weighted by Crippen LogP contribution is -2.62. The molecule has 0 bridgehead atoms. The van der Waals surface area contributed by atoms with E-state index in [2.05, 4.69) is 18.8 Å². The minimum Gasteiger partial charge on any atom is -0.371 e. The van der Waals surface area contributed by atoms with Crippen LogP contribution in [-0.4, -0.2) is 23.4 Å². The highest BCUT2D eigenvalue weighted by Crippen LogP contribution is 2.49. The predicted molar refractivity (Wildman–Crippen MR) is 84.5 cm³/mol. The highest BCUT2D eigenvalue weighted by molar-refractivity contribution is 5.53. The van der Waals surface area contributed by atoms with E-state index >= 15 is 0 Å². The molecule has 2 heteroatoms. The molecule has 0 saturated heterocycles. The van der Waals surface area contributed by atoms with Crippen molar-refractivity contribution in [3.05, 3.63) is 11.1 Å². The van der Waals surface area contributed by atoms with Crippen LogP contribution in [0.15, 0.2) is 11.1 Å². The van der Waals surface area contributed by atoms with Crippen molar-refractivity contribution in [2.75, 3.05) is 7.11 Å². The Morgan fingerprint density at radius 2 is 1.65 bits per heavy atom. The maximum atomic E-state index is 10.7. The van der Waals surface area contributed by atoms with Crippen molar-refractivity contribution >= 4 is 0 Å². The van der Waals surface area contributed by atoms with Crippen LogP contribution in [0.4, 0.5) is 0 Å². The molecule has 0 aliphatic heterocycles. The minimum absolute atomic E-state index is 0.648. The van der Waals surface area contributed by atoms with Crippen molar-refractivity contribution < 1.29 is 9.84 Å². The molecule has 0 radical (unpaired) electrons. The van der Waals surface area contributed by atoms with Crippen molar-refractivity contribution in [1.29, 1.82) is 0 Å². The Labute approximate surface area is 124 Å². The monoisotopic (exact) mass is 278 g/mol. The van der Waals surface area contributed by atoms with Gasteiger partial charge in [-0.1, -0.05) is 50.9 Å². The van der Waals surface area contributed by atoms with Crippen LogP contribution in [0.5, 0.6) is 0 Å². The molecule has 1 aliphatic rings. The number of hydrogen-bond donors (Lipinski definition) is 1. The summed E-state index contributed by atoms with van der Waals surface area (Å²) in [5.74, 6) is 6.19. The van der Waals surface area contributed by atoms with Gasteiger partial charge in [-0.25, -0.2) is 0 Å². The molecule has 0 unspecified atom stereocenters. The molecule has 0 amide bonds. The minimum atomic E-state index is -1.10. The van der Waals surface area contributed by atoms with Crippen LogP contribution in [0.1, 0.15) is 72.6 Å². The van der Waals surface area contributed by atoms with Crippen LogP contribution in [0.25, 0.3) is 0 Å². The second kappa shape index (κ2) is 7.29. The van der Waals surface area contributed by atoms with Crippen molar-refractivity contribution in [3.8, 4) is 11.8 Å². The Bertz CT molecular complexity index is 413. The molecule has 0 saturated carbocycles. The quantitative estimate of drug-likeness (QED) is 0.429. The average molecular weight is 278 g/mol. The van der Waals surface area contributed by atoms with Crippen LogP contribution < -0.4 is 0 Å². The summed E-state index contributed by atoms with van der Waals surface area (Å²) in [7, 11) is 1.64. The standard InChI is InChI=1S/C18H30O2/c1-6-7-8-9-10-11-12-13-14-18(19)16(3)15(2)17(18,4)20-5/h19H,6-12H2,1-5H3/t17-,18+/m0/s1. The summed E-state index contributed by atoms with van der Waals surface area (Å²) >= 11 is 0. The fourth-order valence-electron chi connectivity index (χ4n) is 2.89. The van der Waals surface area contributed by atoms with E-state index < -0.39 is 11.2 Å². The maximum absolute atomic E-state index is 10.7. The van der Waals surface area contributed by atoms with Gasteiger partial charge in [0.05, 0.1) is 0 Å². The van der Waals surface area contributed by atoms with Crippen LogP contribution in [0.3, 0.4) is 0 Å². The molecule has 0 aromatic heterocycles. The largest absolute Gasteiger partial charge is 0.371 e. The summed E-state index contributed by atoms with van der Waals surface area (Å²) in [5.41, 5.74) is 0.285. The van der Waals surface area contributed by atoms with Gasteiger partial charge in [0.15, 0.2) is 5.60 Å². The summed E-state index contributed by atoms with van der Waals surface area (Å²) < 4.78 is 5.48. The van der Waals surface area contributed by atoms with Crippen molar-refractivity contribution in [1.82, 2.24) is 0 Å². The smallest absolute Gasteiger partial charge is 0.179 e. The van der Waals surface area contributed by atoms with Crippen LogP contribution in [0.2, 0.25) is 0 Å². The first-order valence-electron chi connectivity index (χ1n) is 7.90. The van der Waals surface area contributed by atoms with Gasteiger partial charge in [0, 0.05) is 13.5 Å². The normalized spacial score (nSPS) is 28.9. The number of hydrogen-bond acceptors (Lipinski definition) is 2. The van der Waals surface area contributed by atoms with Gasteiger partial charge in [-0.3, -0.25) is 0 Å². The van der Waals surface area contributed by atoms with E-state index in [1.807, 2.05) is 20.8 Å². The van der Waals surface area contributed by atoms with Crippen LogP contribution in [0, 0.1) is 11.8 Å². The molecule has 0 aromatic rings. The molecule has 1 aliphatic carbocycles. The first kappa shape index (κ1) is 17.3. The topological polar surface area (TPSA) is 29.5 Å². The average Bonchev–Trinajstić information content (AvgIpc) is 2.47. The SMILES string of the molecule is CCCCCCCCC#C[C@@]1(O)C(C)=C(C)[C@]1(C)OC. The molecule has 0 spiro atoms. The Morgan fingerprint density at radius 1 is 1.05 bits per heavy atom. The predicted octanol–water partition coefficient (Wildman–Crippen LogP) is 4.23.